The number of non-ortho nitro benzene ring substituents is 1. The molecule has 0 unspecified atom stereocenters. The van der Waals surface area contributed by atoms with Gasteiger partial charge in [0.15, 0.2) is 0 Å². The third-order valence-corrected chi connectivity index (χ3v) is 6.13. The molecular weight excluding hydrogens is 486 g/mol. The van der Waals surface area contributed by atoms with Crippen LogP contribution in [0.3, 0.4) is 0 Å². The van der Waals surface area contributed by atoms with Gasteiger partial charge >= 0.3 is 0 Å². The number of benzene rings is 2. The van der Waals surface area contributed by atoms with E-state index < -0.39 is 16.7 Å². The highest BCUT2D eigenvalue weighted by molar-refractivity contribution is 6.19. The molecule has 1 aliphatic rings. The molecule has 5 rings (SSSR count). The van der Waals surface area contributed by atoms with E-state index in [9.17, 15) is 25.0 Å². The lowest BCUT2D eigenvalue weighted by molar-refractivity contribution is -0.384. The van der Waals surface area contributed by atoms with Gasteiger partial charge in [-0.3, -0.25) is 24.6 Å². The van der Waals surface area contributed by atoms with Crippen molar-refractivity contribution in [1.82, 2.24) is 14.7 Å². The van der Waals surface area contributed by atoms with Gasteiger partial charge < -0.3 is 4.42 Å². The average Bonchev–Trinajstić information content (AvgIpc) is 3.60. The molecule has 2 amide bonds. The Labute approximate surface area is 216 Å². The molecule has 0 aliphatic carbocycles. The summed E-state index contributed by atoms with van der Waals surface area (Å²) in [5.41, 5.74) is 2.53. The normalized spacial score (nSPS) is 14.7. The Hall–Kier alpha value is -5.56. The number of para-hydroxylation sites is 1. The van der Waals surface area contributed by atoms with E-state index in [4.69, 9.17) is 4.42 Å². The summed E-state index contributed by atoms with van der Waals surface area (Å²) in [6.45, 7) is 1.43. The molecular formula is C28H19N5O5. The number of nitriles is 1. The van der Waals surface area contributed by atoms with Crippen LogP contribution in [0.2, 0.25) is 0 Å². The highest BCUT2D eigenvalue weighted by atomic mass is 16.6. The number of hydrogen-bond acceptors (Lipinski definition) is 7. The van der Waals surface area contributed by atoms with E-state index >= 15 is 0 Å². The SMILES string of the molecule is CC1=C(C#N)C(=O)N(Cc2ccco2)C(=O)/C1=C/c1cn(-c2ccccc2)nc1-c1ccc([N+](=O)[O-])cc1. The third kappa shape index (κ3) is 4.40. The number of nitrogens with zero attached hydrogens (tertiary/aromatic N) is 5. The minimum atomic E-state index is -0.695. The van der Waals surface area contributed by atoms with Crippen LogP contribution < -0.4 is 0 Å². The molecule has 186 valence electrons. The Kier molecular flexibility index (Phi) is 6.25. The molecule has 3 heterocycles. The summed E-state index contributed by atoms with van der Waals surface area (Å²) >= 11 is 0. The van der Waals surface area contributed by atoms with Crippen molar-refractivity contribution < 1.29 is 18.9 Å². The molecule has 2 aromatic carbocycles. The van der Waals surface area contributed by atoms with Crippen molar-refractivity contribution in [2.24, 2.45) is 0 Å². The van der Waals surface area contributed by atoms with Crippen molar-refractivity contribution >= 4 is 23.6 Å². The molecule has 0 bridgehead atoms. The first-order valence-electron chi connectivity index (χ1n) is 11.5. The monoisotopic (exact) mass is 505 g/mol. The van der Waals surface area contributed by atoms with E-state index in [1.165, 1.54) is 18.4 Å². The van der Waals surface area contributed by atoms with Gasteiger partial charge in [0, 0.05) is 35.0 Å². The summed E-state index contributed by atoms with van der Waals surface area (Å²) in [5, 5.41) is 25.5. The number of amides is 2. The van der Waals surface area contributed by atoms with Crippen LogP contribution in [0.25, 0.3) is 23.0 Å². The van der Waals surface area contributed by atoms with E-state index in [1.807, 2.05) is 36.4 Å². The van der Waals surface area contributed by atoms with Gasteiger partial charge in [-0.25, -0.2) is 4.68 Å². The first-order valence-corrected chi connectivity index (χ1v) is 11.5. The maximum Gasteiger partial charge on any atom is 0.272 e. The average molecular weight is 505 g/mol. The lowest BCUT2D eigenvalue weighted by Crippen LogP contribution is -2.42. The van der Waals surface area contributed by atoms with Gasteiger partial charge in [-0.1, -0.05) is 18.2 Å². The predicted octanol–water partition coefficient (Wildman–Crippen LogP) is 4.83. The second-order valence-corrected chi connectivity index (χ2v) is 8.46. The molecule has 2 aromatic heterocycles. The molecule has 0 radical (unpaired) electrons. The van der Waals surface area contributed by atoms with Crippen LogP contribution in [-0.2, 0) is 16.1 Å². The van der Waals surface area contributed by atoms with Gasteiger partial charge in [0.05, 0.1) is 29.1 Å². The number of carbonyl (C=O) groups excluding carboxylic acids is 2. The van der Waals surface area contributed by atoms with Crippen molar-refractivity contribution in [1.29, 1.82) is 5.26 Å². The minimum Gasteiger partial charge on any atom is -0.467 e. The molecule has 10 heteroatoms. The smallest absolute Gasteiger partial charge is 0.272 e. The number of rotatable bonds is 6. The van der Waals surface area contributed by atoms with Crippen LogP contribution >= 0.6 is 0 Å². The fourth-order valence-electron chi connectivity index (χ4n) is 4.16. The Morgan fingerprint density at radius 3 is 2.42 bits per heavy atom. The van der Waals surface area contributed by atoms with E-state index in [1.54, 1.807) is 48.1 Å². The number of imide groups is 1. The van der Waals surface area contributed by atoms with Gasteiger partial charge in [-0.2, -0.15) is 10.4 Å². The topological polar surface area (TPSA) is 135 Å². The summed E-state index contributed by atoms with van der Waals surface area (Å²) < 4.78 is 6.94. The van der Waals surface area contributed by atoms with Gasteiger partial charge in [0.25, 0.3) is 17.5 Å². The molecule has 1 aliphatic heterocycles. The highest BCUT2D eigenvalue weighted by Crippen LogP contribution is 2.32. The summed E-state index contributed by atoms with van der Waals surface area (Å²) in [7, 11) is 0. The zero-order valence-corrected chi connectivity index (χ0v) is 20.1. The van der Waals surface area contributed by atoms with Gasteiger partial charge in [0.1, 0.15) is 17.4 Å². The first-order chi connectivity index (χ1) is 18.4. The highest BCUT2D eigenvalue weighted by Gasteiger charge is 2.36. The van der Waals surface area contributed by atoms with E-state index in [2.05, 4.69) is 5.10 Å². The first kappa shape index (κ1) is 24.1. The molecule has 0 spiro atoms. The minimum absolute atomic E-state index is 0.0666. The molecule has 4 aromatic rings. The van der Waals surface area contributed by atoms with Gasteiger partial charge in [-0.05, 0) is 55.0 Å². The summed E-state index contributed by atoms with van der Waals surface area (Å²) in [4.78, 5) is 38.1. The fourth-order valence-corrected chi connectivity index (χ4v) is 4.16. The zero-order chi connectivity index (χ0) is 26.8. The Morgan fingerprint density at radius 2 is 1.79 bits per heavy atom. The Balaban J connectivity index is 1.66. The maximum atomic E-state index is 13.5. The molecule has 38 heavy (non-hydrogen) atoms. The number of hydrogen-bond donors (Lipinski definition) is 0. The molecule has 0 saturated carbocycles. The number of carbonyl (C=O) groups is 2. The van der Waals surface area contributed by atoms with Crippen molar-refractivity contribution in [3.8, 4) is 23.0 Å². The maximum absolute atomic E-state index is 13.5. The molecule has 0 saturated heterocycles. The van der Waals surface area contributed by atoms with Gasteiger partial charge in [-0.15, -0.1) is 0 Å². The summed E-state index contributed by atoms with van der Waals surface area (Å²) in [5.74, 6) is -0.879. The number of nitro benzene ring substituents is 1. The van der Waals surface area contributed by atoms with E-state index in [0.29, 0.717) is 22.6 Å². The van der Waals surface area contributed by atoms with Crippen LogP contribution in [0.1, 0.15) is 18.2 Å². The molecule has 10 nitrogen and oxygen atoms in total. The summed E-state index contributed by atoms with van der Waals surface area (Å²) in [6, 6.07) is 20.4. The van der Waals surface area contributed by atoms with Crippen LogP contribution in [0, 0.1) is 21.4 Å². The fraction of sp³-hybridized carbons (Fsp3) is 0.0714. The standard InChI is InChI=1S/C28H19N5O5/c1-18-24(27(34)31(28(35)25(18)15-29)17-23-8-5-13-38-23)14-20-16-32(21-6-3-2-4-7-21)30-26(20)19-9-11-22(12-10-19)33(36)37/h2-14,16H,17H2,1H3/b24-14+. The predicted molar refractivity (Wildman–Crippen MR) is 136 cm³/mol. The van der Waals surface area contributed by atoms with Crippen molar-refractivity contribution in [3.63, 3.8) is 0 Å². The van der Waals surface area contributed by atoms with Crippen LogP contribution in [0.15, 0.2) is 100 Å². The van der Waals surface area contributed by atoms with Crippen molar-refractivity contribution in [2.75, 3.05) is 0 Å². The van der Waals surface area contributed by atoms with E-state index in [0.717, 1.165) is 10.6 Å². The van der Waals surface area contributed by atoms with Crippen molar-refractivity contribution in [3.05, 3.63) is 117 Å². The lowest BCUT2D eigenvalue weighted by atomic mass is 9.93. The number of nitro groups is 1. The van der Waals surface area contributed by atoms with Crippen LogP contribution in [0.4, 0.5) is 5.69 Å². The third-order valence-electron chi connectivity index (χ3n) is 6.13. The number of aromatic nitrogens is 2. The second kappa shape index (κ2) is 9.83. The zero-order valence-electron chi connectivity index (χ0n) is 20.1. The summed E-state index contributed by atoms with van der Waals surface area (Å²) in [6.07, 6.45) is 4.74. The van der Waals surface area contributed by atoms with Crippen molar-refractivity contribution in [2.45, 2.75) is 13.5 Å². The largest absolute Gasteiger partial charge is 0.467 e. The molecule has 0 atom stereocenters. The Morgan fingerprint density at radius 1 is 1.05 bits per heavy atom. The van der Waals surface area contributed by atoms with Crippen LogP contribution in [-0.4, -0.2) is 31.4 Å². The molecule has 0 N–H and O–H groups in total. The number of furan rings is 1. The lowest BCUT2D eigenvalue weighted by Gasteiger charge is -2.26. The van der Waals surface area contributed by atoms with E-state index in [-0.39, 0.29) is 29.0 Å². The van der Waals surface area contributed by atoms with Crippen LogP contribution in [0.5, 0.6) is 0 Å². The second-order valence-electron chi connectivity index (χ2n) is 8.46. The Bertz CT molecular complexity index is 1660. The van der Waals surface area contributed by atoms with Gasteiger partial charge in [0.2, 0.25) is 0 Å². The molecule has 0 fully saturated rings. The quantitative estimate of drug-likeness (QED) is 0.158.